The summed E-state index contributed by atoms with van der Waals surface area (Å²) in [6, 6.07) is 0. The second-order valence-electron chi connectivity index (χ2n) is 14.6. The first-order valence-corrected chi connectivity index (χ1v) is 14.1. The number of carbonyl (C=O) groups is 1. The number of allylic oxidation sites excluding steroid dienone is 1. The van der Waals surface area contributed by atoms with Crippen molar-refractivity contribution in [3.63, 3.8) is 0 Å². The van der Waals surface area contributed by atoms with Gasteiger partial charge < -0.3 is 20.4 Å². The quantitative estimate of drug-likeness (QED) is 0.402. The van der Waals surface area contributed by atoms with E-state index in [1.54, 1.807) is 0 Å². The minimum absolute atomic E-state index is 0.0115. The van der Waals surface area contributed by atoms with Crippen LogP contribution in [0.2, 0.25) is 0 Å². The highest BCUT2D eigenvalue weighted by Gasteiger charge is 2.71. The van der Waals surface area contributed by atoms with E-state index < -0.39 is 28.5 Å². The van der Waals surface area contributed by atoms with Crippen LogP contribution in [0.15, 0.2) is 11.6 Å². The van der Waals surface area contributed by atoms with Gasteiger partial charge in [-0.1, -0.05) is 46.3 Å². The molecule has 0 amide bonds. The molecule has 198 valence electrons. The number of fused-ring (bicyclic) bond motifs is 7. The van der Waals surface area contributed by atoms with Crippen LogP contribution in [-0.4, -0.2) is 44.7 Å². The monoisotopic (exact) mass is 488 g/mol. The van der Waals surface area contributed by atoms with Gasteiger partial charge in [0.1, 0.15) is 0 Å². The number of hydrogen-bond donors (Lipinski definition) is 4. The maximum atomic E-state index is 12.8. The van der Waals surface area contributed by atoms with Crippen LogP contribution in [0, 0.1) is 50.7 Å². The first-order chi connectivity index (χ1) is 16.1. The predicted octanol–water partition coefficient (Wildman–Crippen LogP) is 5.18. The van der Waals surface area contributed by atoms with Crippen LogP contribution in [0.5, 0.6) is 0 Å². The predicted molar refractivity (Wildman–Crippen MR) is 135 cm³/mol. The number of aliphatic carboxylic acids is 1. The molecule has 0 heterocycles. The highest BCUT2D eigenvalue weighted by atomic mass is 16.4. The lowest BCUT2D eigenvalue weighted by Crippen LogP contribution is -2.68. The number of rotatable bonds is 2. The summed E-state index contributed by atoms with van der Waals surface area (Å²) < 4.78 is 0. The van der Waals surface area contributed by atoms with E-state index in [0.717, 1.165) is 44.9 Å². The van der Waals surface area contributed by atoms with Gasteiger partial charge in [0.25, 0.3) is 0 Å². The molecule has 0 aromatic rings. The molecule has 0 spiro atoms. The molecule has 5 heteroatoms. The van der Waals surface area contributed by atoms with Gasteiger partial charge in [-0.05, 0) is 98.7 Å². The second-order valence-corrected chi connectivity index (χ2v) is 14.6. The summed E-state index contributed by atoms with van der Waals surface area (Å²) in [4.78, 5) is 12.8. The minimum atomic E-state index is -1.04. The van der Waals surface area contributed by atoms with Crippen molar-refractivity contribution in [3.05, 3.63) is 11.6 Å². The molecular weight excluding hydrogens is 440 g/mol. The summed E-state index contributed by atoms with van der Waals surface area (Å²) in [6.07, 6.45) is 9.32. The lowest BCUT2D eigenvalue weighted by Gasteiger charge is -2.71. The number of carboxylic acid groups (broad SMARTS) is 1. The second kappa shape index (κ2) is 7.57. The Bertz CT molecular complexity index is 941. The summed E-state index contributed by atoms with van der Waals surface area (Å²) in [6.45, 7) is 13.3. The summed E-state index contributed by atoms with van der Waals surface area (Å²) in [7, 11) is 0. The van der Waals surface area contributed by atoms with Crippen LogP contribution in [0.25, 0.3) is 0 Å². The van der Waals surface area contributed by atoms with E-state index in [0.29, 0.717) is 18.8 Å². The third-order valence-corrected chi connectivity index (χ3v) is 13.6. The molecule has 0 saturated heterocycles. The Balaban J connectivity index is 1.64. The third kappa shape index (κ3) is 2.90. The first-order valence-electron chi connectivity index (χ1n) is 14.1. The van der Waals surface area contributed by atoms with Crippen LogP contribution in [-0.2, 0) is 4.79 Å². The smallest absolute Gasteiger partial charge is 0.310 e. The van der Waals surface area contributed by atoms with E-state index in [4.69, 9.17) is 0 Å². The van der Waals surface area contributed by atoms with Gasteiger partial charge in [0.2, 0.25) is 0 Å². The molecule has 11 atom stereocenters. The SMILES string of the molecule is CC1CC[C@]2(C(=O)O)CC[C@]3(C)C(=CCC4[C@@]5(C)CCC(O)[C@@](C)(CO)C5CC[C@]43C)C2[C@]1(C)O. The summed E-state index contributed by atoms with van der Waals surface area (Å²) >= 11 is 0. The van der Waals surface area contributed by atoms with E-state index in [2.05, 4.69) is 40.7 Å². The van der Waals surface area contributed by atoms with Gasteiger partial charge in [-0.25, -0.2) is 0 Å². The molecule has 5 aliphatic rings. The normalized spacial score (nSPS) is 57.7. The molecule has 4 saturated carbocycles. The fourth-order valence-electron chi connectivity index (χ4n) is 10.9. The van der Waals surface area contributed by atoms with Crippen molar-refractivity contribution in [1.29, 1.82) is 0 Å². The number of aliphatic hydroxyl groups is 3. The average molecular weight is 489 g/mol. The molecule has 5 rings (SSSR count). The van der Waals surface area contributed by atoms with Crippen molar-refractivity contribution in [2.45, 2.75) is 111 Å². The molecule has 0 aromatic carbocycles. The van der Waals surface area contributed by atoms with Crippen molar-refractivity contribution < 1.29 is 25.2 Å². The molecule has 5 aliphatic carbocycles. The maximum Gasteiger partial charge on any atom is 0.310 e. The van der Waals surface area contributed by atoms with Gasteiger partial charge in [0.05, 0.1) is 23.7 Å². The third-order valence-electron chi connectivity index (χ3n) is 13.6. The fourth-order valence-corrected chi connectivity index (χ4v) is 10.9. The van der Waals surface area contributed by atoms with Crippen LogP contribution >= 0.6 is 0 Å². The Morgan fingerprint density at radius 2 is 1.66 bits per heavy atom. The van der Waals surface area contributed by atoms with Crippen molar-refractivity contribution in [2.75, 3.05) is 6.61 Å². The van der Waals surface area contributed by atoms with Crippen LogP contribution in [0.3, 0.4) is 0 Å². The first kappa shape index (κ1) is 25.7. The van der Waals surface area contributed by atoms with Crippen molar-refractivity contribution in [3.8, 4) is 0 Å². The fraction of sp³-hybridized carbons (Fsp3) is 0.900. The Morgan fingerprint density at radius 1 is 0.971 bits per heavy atom. The Kier molecular flexibility index (Phi) is 5.56. The number of aliphatic hydroxyl groups excluding tert-OH is 2. The van der Waals surface area contributed by atoms with E-state index in [1.807, 2.05) is 6.92 Å². The number of carboxylic acids is 1. The highest BCUT2D eigenvalue weighted by Crippen LogP contribution is 2.76. The molecule has 5 nitrogen and oxygen atoms in total. The minimum Gasteiger partial charge on any atom is -0.481 e. The largest absolute Gasteiger partial charge is 0.481 e. The zero-order valence-corrected chi connectivity index (χ0v) is 22.7. The molecule has 5 unspecified atom stereocenters. The van der Waals surface area contributed by atoms with E-state index in [9.17, 15) is 25.2 Å². The molecule has 0 radical (unpaired) electrons. The van der Waals surface area contributed by atoms with Crippen molar-refractivity contribution in [1.82, 2.24) is 0 Å². The topological polar surface area (TPSA) is 98.0 Å². The van der Waals surface area contributed by atoms with E-state index in [-0.39, 0.29) is 40.6 Å². The lowest BCUT2D eigenvalue weighted by molar-refractivity contribution is -0.225. The summed E-state index contributed by atoms with van der Waals surface area (Å²) in [5.74, 6) is -0.356. The highest BCUT2D eigenvalue weighted by molar-refractivity contribution is 5.77. The summed E-state index contributed by atoms with van der Waals surface area (Å²) in [5, 5.41) is 43.8. The van der Waals surface area contributed by atoms with Crippen molar-refractivity contribution >= 4 is 5.97 Å². The molecule has 4 fully saturated rings. The van der Waals surface area contributed by atoms with Crippen molar-refractivity contribution in [2.24, 2.45) is 50.7 Å². The molecule has 0 aromatic heterocycles. The van der Waals surface area contributed by atoms with Gasteiger partial charge in [0, 0.05) is 11.3 Å². The van der Waals surface area contributed by atoms with E-state index >= 15 is 0 Å². The Hall–Kier alpha value is -0.910. The van der Waals surface area contributed by atoms with E-state index in [1.165, 1.54) is 5.57 Å². The Labute approximate surface area is 211 Å². The zero-order valence-electron chi connectivity index (χ0n) is 22.7. The molecular formula is C30H48O5. The van der Waals surface area contributed by atoms with Gasteiger partial charge in [-0.15, -0.1) is 0 Å². The molecule has 0 bridgehead atoms. The van der Waals surface area contributed by atoms with Crippen LogP contribution < -0.4 is 0 Å². The van der Waals surface area contributed by atoms with Crippen LogP contribution in [0.1, 0.15) is 99.3 Å². The number of hydrogen-bond acceptors (Lipinski definition) is 4. The molecule has 0 aliphatic heterocycles. The van der Waals surface area contributed by atoms with Gasteiger partial charge in [-0.2, -0.15) is 0 Å². The zero-order chi connectivity index (χ0) is 25.8. The van der Waals surface area contributed by atoms with Gasteiger partial charge in [-0.3, -0.25) is 4.79 Å². The Morgan fingerprint density at radius 3 is 2.29 bits per heavy atom. The van der Waals surface area contributed by atoms with Gasteiger partial charge >= 0.3 is 5.97 Å². The standard InChI is InChI=1S/C30H48O5/c1-18-9-14-30(24(33)34)16-15-27(4)19(23(30)29(18,6)35)7-8-21-25(2)12-11-22(32)26(3,17-31)20(25)10-13-28(21,27)5/h7,18,20-23,31-32,35H,8-17H2,1-6H3,(H,33,34)/t18?,20?,21?,22?,23?,25-,26-,27+,28+,29+,30-/m0/s1. The van der Waals surface area contributed by atoms with Crippen LogP contribution in [0.4, 0.5) is 0 Å². The van der Waals surface area contributed by atoms with Gasteiger partial charge in [0.15, 0.2) is 0 Å². The molecule has 35 heavy (non-hydrogen) atoms. The average Bonchev–Trinajstić information content (AvgIpc) is 2.79. The summed E-state index contributed by atoms with van der Waals surface area (Å²) in [5.41, 5.74) is -1.35. The lowest BCUT2D eigenvalue weighted by atomic mass is 9.33. The maximum absolute atomic E-state index is 12.8. The molecule has 4 N–H and O–H groups in total.